The molecule has 0 heterocycles. The summed E-state index contributed by atoms with van der Waals surface area (Å²) in [5, 5.41) is 5.72. The van der Waals surface area contributed by atoms with Crippen LogP contribution < -0.4 is 20.1 Å². The Balaban J connectivity index is 1.78. The molecule has 0 fully saturated rings. The lowest BCUT2D eigenvalue weighted by molar-refractivity contribution is 0.0600. The van der Waals surface area contributed by atoms with Crippen LogP contribution in [0, 0.1) is 0 Å². The monoisotopic (exact) mass is 574 g/mol. The first-order chi connectivity index (χ1) is 16.4. The molecule has 2 N–H and O–H groups in total. The van der Waals surface area contributed by atoms with Crippen LogP contribution in [0.15, 0.2) is 60.7 Å². The van der Waals surface area contributed by atoms with Gasteiger partial charge in [-0.05, 0) is 60.2 Å². The van der Waals surface area contributed by atoms with Gasteiger partial charge in [-0.15, -0.1) is 0 Å². The Morgan fingerprint density at radius 3 is 1.97 bits per heavy atom. The number of ether oxygens (including phenoxy) is 3. The lowest BCUT2D eigenvalue weighted by Crippen LogP contribution is -2.15. The van der Waals surface area contributed by atoms with E-state index in [2.05, 4.69) is 38.0 Å². The van der Waals surface area contributed by atoms with Gasteiger partial charge in [-0.1, -0.05) is 28.7 Å². The normalized spacial score (nSPS) is 10.2. The fourth-order valence-corrected chi connectivity index (χ4v) is 3.80. The quantitative estimate of drug-likeness (QED) is 0.225. The van der Waals surface area contributed by atoms with Crippen molar-refractivity contribution in [3.63, 3.8) is 0 Å². The lowest BCUT2D eigenvalue weighted by atomic mass is 10.1. The van der Waals surface area contributed by atoms with E-state index in [1.54, 1.807) is 42.5 Å². The highest BCUT2D eigenvalue weighted by molar-refractivity contribution is 14.1. The standard InChI is InChI=1S/C25H23IN2O6/c1-32-21-11-9-17(12-22(21)33-2)24(30)28-20-13-19(10-8-18(20)14-26)27-23(29)15-4-6-16(7-5-15)25(31)34-3/h4-13H,14H2,1-3H3,(H,27,29)(H,28,30). The molecule has 0 unspecified atom stereocenters. The molecular weight excluding hydrogens is 551 g/mol. The molecule has 2 amide bonds. The van der Waals surface area contributed by atoms with Gasteiger partial charge in [0.25, 0.3) is 11.8 Å². The van der Waals surface area contributed by atoms with Crippen LogP contribution in [0.4, 0.5) is 11.4 Å². The average molecular weight is 574 g/mol. The molecule has 34 heavy (non-hydrogen) atoms. The van der Waals surface area contributed by atoms with Crippen molar-refractivity contribution in [2.24, 2.45) is 0 Å². The van der Waals surface area contributed by atoms with Crippen LogP contribution >= 0.6 is 22.6 Å². The van der Waals surface area contributed by atoms with Gasteiger partial charge in [-0.3, -0.25) is 9.59 Å². The van der Waals surface area contributed by atoms with E-state index in [9.17, 15) is 14.4 Å². The molecule has 9 heteroatoms. The number of hydrogen-bond acceptors (Lipinski definition) is 6. The topological polar surface area (TPSA) is 103 Å². The van der Waals surface area contributed by atoms with Gasteiger partial charge in [0.2, 0.25) is 0 Å². The SMILES string of the molecule is COC(=O)c1ccc(C(=O)Nc2ccc(CI)c(NC(=O)c3ccc(OC)c(OC)c3)c2)cc1. The van der Waals surface area contributed by atoms with Crippen molar-refractivity contribution in [1.29, 1.82) is 0 Å². The Hall–Kier alpha value is -3.60. The highest BCUT2D eigenvalue weighted by Gasteiger charge is 2.14. The number of nitrogens with one attached hydrogen (secondary N) is 2. The number of hydrogen-bond donors (Lipinski definition) is 2. The van der Waals surface area contributed by atoms with Gasteiger partial charge >= 0.3 is 5.97 Å². The van der Waals surface area contributed by atoms with E-state index in [0.717, 1.165) is 5.56 Å². The zero-order valence-electron chi connectivity index (χ0n) is 18.8. The van der Waals surface area contributed by atoms with Crippen LogP contribution in [-0.4, -0.2) is 39.1 Å². The molecule has 0 radical (unpaired) electrons. The second kappa shape index (κ2) is 11.5. The first-order valence-corrected chi connectivity index (χ1v) is 11.6. The number of rotatable bonds is 8. The Kier molecular flexibility index (Phi) is 8.47. The zero-order chi connectivity index (χ0) is 24.7. The van der Waals surface area contributed by atoms with Crippen LogP contribution in [0.1, 0.15) is 36.6 Å². The molecule has 0 aliphatic rings. The van der Waals surface area contributed by atoms with Crippen molar-refractivity contribution < 1.29 is 28.6 Å². The molecule has 0 saturated heterocycles. The Morgan fingerprint density at radius 2 is 1.35 bits per heavy atom. The van der Waals surface area contributed by atoms with Crippen molar-refractivity contribution in [2.45, 2.75) is 4.43 Å². The minimum Gasteiger partial charge on any atom is -0.493 e. The highest BCUT2D eigenvalue weighted by Crippen LogP contribution is 2.29. The van der Waals surface area contributed by atoms with Crippen LogP contribution in [0.5, 0.6) is 11.5 Å². The van der Waals surface area contributed by atoms with Crippen LogP contribution in [-0.2, 0) is 9.16 Å². The van der Waals surface area contributed by atoms with E-state index in [-0.39, 0.29) is 11.8 Å². The molecule has 8 nitrogen and oxygen atoms in total. The summed E-state index contributed by atoms with van der Waals surface area (Å²) in [7, 11) is 4.32. The Bertz CT molecular complexity index is 1210. The van der Waals surface area contributed by atoms with Crippen molar-refractivity contribution in [3.05, 3.63) is 82.9 Å². The first kappa shape index (κ1) is 25.0. The summed E-state index contributed by atoms with van der Waals surface area (Å²) in [4.78, 5) is 37.1. The summed E-state index contributed by atoms with van der Waals surface area (Å²) in [6.45, 7) is 0. The number of halogens is 1. The summed E-state index contributed by atoms with van der Waals surface area (Å²) in [6, 6.07) is 16.3. The van der Waals surface area contributed by atoms with E-state index >= 15 is 0 Å². The second-order valence-corrected chi connectivity index (χ2v) is 7.82. The molecule has 3 aromatic rings. The van der Waals surface area contributed by atoms with Crippen molar-refractivity contribution in [1.82, 2.24) is 0 Å². The number of carbonyl (C=O) groups excluding carboxylic acids is 3. The van der Waals surface area contributed by atoms with Gasteiger partial charge in [0, 0.05) is 26.9 Å². The van der Waals surface area contributed by atoms with E-state index < -0.39 is 5.97 Å². The minimum absolute atomic E-state index is 0.325. The van der Waals surface area contributed by atoms with Gasteiger partial charge < -0.3 is 24.8 Å². The zero-order valence-corrected chi connectivity index (χ0v) is 21.0. The van der Waals surface area contributed by atoms with Crippen LogP contribution in [0.3, 0.4) is 0 Å². The first-order valence-electron chi connectivity index (χ1n) is 10.1. The van der Waals surface area contributed by atoms with E-state index in [1.807, 2.05) is 6.07 Å². The van der Waals surface area contributed by atoms with Gasteiger partial charge in [0.05, 0.1) is 26.9 Å². The maximum Gasteiger partial charge on any atom is 0.337 e. The molecule has 0 aromatic heterocycles. The predicted octanol–water partition coefficient (Wildman–Crippen LogP) is 4.93. The lowest BCUT2D eigenvalue weighted by Gasteiger charge is -2.14. The average Bonchev–Trinajstić information content (AvgIpc) is 2.87. The Morgan fingerprint density at radius 1 is 0.735 bits per heavy atom. The number of esters is 1. The molecule has 0 spiro atoms. The smallest absolute Gasteiger partial charge is 0.337 e. The number of carbonyl (C=O) groups is 3. The molecular formula is C25H23IN2O6. The number of amides is 2. The maximum atomic E-state index is 12.9. The third kappa shape index (κ3) is 5.84. The molecule has 0 aliphatic heterocycles. The van der Waals surface area contributed by atoms with E-state index in [4.69, 9.17) is 9.47 Å². The van der Waals surface area contributed by atoms with E-state index in [1.165, 1.54) is 33.5 Å². The van der Waals surface area contributed by atoms with Gasteiger partial charge in [-0.25, -0.2) is 4.79 Å². The molecule has 0 saturated carbocycles. The number of alkyl halides is 1. The fraction of sp³-hybridized carbons (Fsp3) is 0.160. The van der Waals surface area contributed by atoms with Crippen molar-refractivity contribution >= 4 is 51.7 Å². The molecule has 3 rings (SSSR count). The summed E-state index contributed by atoms with van der Waals surface area (Å²) < 4.78 is 15.8. The van der Waals surface area contributed by atoms with Crippen LogP contribution in [0.25, 0.3) is 0 Å². The maximum absolute atomic E-state index is 12.9. The molecule has 0 atom stereocenters. The van der Waals surface area contributed by atoms with Gasteiger partial charge in [0.15, 0.2) is 11.5 Å². The molecule has 0 aliphatic carbocycles. The molecule has 0 bridgehead atoms. The van der Waals surface area contributed by atoms with Gasteiger partial charge in [0.1, 0.15) is 0 Å². The second-order valence-electron chi connectivity index (χ2n) is 7.05. The minimum atomic E-state index is -0.476. The van der Waals surface area contributed by atoms with Crippen molar-refractivity contribution in [2.75, 3.05) is 32.0 Å². The highest BCUT2D eigenvalue weighted by atomic mass is 127. The summed E-state index contributed by atoms with van der Waals surface area (Å²) in [5.74, 6) is -0.180. The summed E-state index contributed by atoms with van der Waals surface area (Å²) in [6.07, 6.45) is 0. The summed E-state index contributed by atoms with van der Waals surface area (Å²) in [5.41, 5.74) is 3.12. The number of methoxy groups -OCH3 is 3. The van der Waals surface area contributed by atoms with Crippen LogP contribution in [0.2, 0.25) is 0 Å². The predicted molar refractivity (Wildman–Crippen MR) is 137 cm³/mol. The van der Waals surface area contributed by atoms with Crippen molar-refractivity contribution in [3.8, 4) is 11.5 Å². The third-order valence-electron chi connectivity index (χ3n) is 4.97. The molecule has 3 aromatic carbocycles. The van der Waals surface area contributed by atoms with Gasteiger partial charge in [-0.2, -0.15) is 0 Å². The number of benzene rings is 3. The van der Waals surface area contributed by atoms with E-state index in [0.29, 0.717) is 44.0 Å². The Labute approximate surface area is 210 Å². The third-order valence-corrected chi connectivity index (χ3v) is 5.80. The largest absolute Gasteiger partial charge is 0.493 e. The fourth-order valence-electron chi connectivity index (χ4n) is 3.14. The number of anilines is 2. The molecule has 176 valence electrons. The summed E-state index contributed by atoms with van der Waals surface area (Å²) >= 11 is 2.21.